The average Bonchev–Trinajstić information content (AvgIpc) is 2.62. The van der Waals surface area contributed by atoms with Crippen molar-refractivity contribution in [3.63, 3.8) is 0 Å². The van der Waals surface area contributed by atoms with Crippen LogP contribution in [0.25, 0.3) is 0 Å². The van der Waals surface area contributed by atoms with Crippen LogP contribution in [0, 0.1) is 15.9 Å². The lowest BCUT2D eigenvalue weighted by Gasteiger charge is -2.28. The van der Waals surface area contributed by atoms with Gasteiger partial charge in [0, 0.05) is 19.2 Å². The number of azo groups is 1. The zero-order valence-corrected chi connectivity index (χ0v) is 13.1. The molecule has 0 spiro atoms. The first-order valence-corrected chi connectivity index (χ1v) is 7.84. The maximum Gasteiger partial charge on any atom is 0.294 e. The summed E-state index contributed by atoms with van der Waals surface area (Å²) in [5, 5.41) is 19.4. The maximum atomic E-state index is 12.9. The monoisotopic (exact) mass is 328 g/mol. The van der Waals surface area contributed by atoms with Crippen molar-refractivity contribution in [1.82, 2.24) is 0 Å². The Morgan fingerprint density at radius 1 is 0.958 bits per heavy atom. The van der Waals surface area contributed by atoms with E-state index in [1.165, 1.54) is 30.3 Å². The molecular formula is C17H17FN4O2. The van der Waals surface area contributed by atoms with E-state index in [1.807, 2.05) is 4.90 Å². The number of rotatable bonds is 4. The number of nitrogens with zero attached hydrogens (tertiary/aromatic N) is 4. The standard InChI is InChI=1S/C17H17FN4O2/c18-13-4-6-14(7-5-13)19-20-15-8-9-16(17(12-15)22(23)24)21-10-2-1-3-11-21/h4-9,12H,1-3,10-11H2. The molecule has 6 nitrogen and oxygen atoms in total. The Morgan fingerprint density at radius 2 is 1.58 bits per heavy atom. The molecule has 24 heavy (non-hydrogen) atoms. The molecule has 0 atom stereocenters. The Bertz CT molecular complexity index is 756. The van der Waals surface area contributed by atoms with Crippen LogP contribution in [0.3, 0.4) is 0 Å². The number of nitro benzene ring substituents is 1. The van der Waals surface area contributed by atoms with Crippen molar-refractivity contribution in [2.75, 3.05) is 18.0 Å². The highest BCUT2D eigenvalue weighted by Gasteiger charge is 2.21. The molecule has 0 bridgehead atoms. The molecule has 0 unspecified atom stereocenters. The Balaban J connectivity index is 1.85. The highest BCUT2D eigenvalue weighted by Crippen LogP contribution is 2.34. The molecule has 0 saturated carbocycles. The van der Waals surface area contributed by atoms with Crippen molar-refractivity contribution in [3.8, 4) is 0 Å². The number of anilines is 1. The fourth-order valence-corrected chi connectivity index (χ4v) is 2.75. The fourth-order valence-electron chi connectivity index (χ4n) is 2.75. The van der Waals surface area contributed by atoms with Gasteiger partial charge in [-0.25, -0.2) is 4.39 Å². The van der Waals surface area contributed by atoms with Gasteiger partial charge in [0.15, 0.2) is 0 Å². The molecule has 0 amide bonds. The van der Waals surface area contributed by atoms with Gasteiger partial charge >= 0.3 is 0 Å². The van der Waals surface area contributed by atoms with Crippen molar-refractivity contribution in [2.24, 2.45) is 10.2 Å². The Hall–Kier alpha value is -2.83. The molecule has 1 aliphatic rings. The molecule has 1 heterocycles. The summed E-state index contributed by atoms with van der Waals surface area (Å²) in [6, 6.07) is 10.4. The summed E-state index contributed by atoms with van der Waals surface area (Å²) in [6.45, 7) is 1.66. The molecule has 2 aromatic rings. The first-order valence-electron chi connectivity index (χ1n) is 7.84. The van der Waals surface area contributed by atoms with E-state index in [1.54, 1.807) is 12.1 Å². The molecule has 7 heteroatoms. The van der Waals surface area contributed by atoms with Gasteiger partial charge in [-0.05, 0) is 55.7 Å². The number of nitro groups is 1. The lowest BCUT2D eigenvalue weighted by molar-refractivity contribution is -0.384. The van der Waals surface area contributed by atoms with Gasteiger partial charge < -0.3 is 4.90 Å². The molecule has 124 valence electrons. The Morgan fingerprint density at radius 3 is 2.25 bits per heavy atom. The van der Waals surface area contributed by atoms with Crippen LogP contribution in [-0.2, 0) is 0 Å². The molecule has 0 aromatic heterocycles. The number of hydrogen-bond acceptors (Lipinski definition) is 5. The Labute approximate surface area is 138 Å². The van der Waals surface area contributed by atoms with E-state index in [2.05, 4.69) is 10.2 Å². The maximum absolute atomic E-state index is 12.9. The van der Waals surface area contributed by atoms with Crippen molar-refractivity contribution in [2.45, 2.75) is 19.3 Å². The number of piperidine rings is 1. The molecule has 3 rings (SSSR count). The third-order valence-electron chi connectivity index (χ3n) is 3.96. The van der Waals surface area contributed by atoms with E-state index in [0.29, 0.717) is 17.1 Å². The topological polar surface area (TPSA) is 71.1 Å². The molecule has 0 aliphatic carbocycles. The van der Waals surface area contributed by atoms with Crippen molar-refractivity contribution in [1.29, 1.82) is 0 Å². The summed E-state index contributed by atoms with van der Waals surface area (Å²) in [4.78, 5) is 13.0. The van der Waals surface area contributed by atoms with E-state index in [0.717, 1.165) is 32.4 Å². The third kappa shape index (κ3) is 3.73. The molecular weight excluding hydrogens is 311 g/mol. The van der Waals surface area contributed by atoms with Gasteiger partial charge in [-0.1, -0.05) is 0 Å². The first-order chi connectivity index (χ1) is 11.6. The van der Waals surface area contributed by atoms with Crippen LogP contribution in [-0.4, -0.2) is 18.0 Å². The third-order valence-corrected chi connectivity index (χ3v) is 3.96. The quantitative estimate of drug-likeness (QED) is 0.443. The van der Waals surface area contributed by atoms with Crippen LogP contribution >= 0.6 is 0 Å². The molecule has 0 radical (unpaired) electrons. The second kappa shape index (κ2) is 7.16. The van der Waals surface area contributed by atoms with Crippen molar-refractivity contribution < 1.29 is 9.31 Å². The first kappa shape index (κ1) is 16.0. The lowest BCUT2D eigenvalue weighted by Crippen LogP contribution is -2.29. The van der Waals surface area contributed by atoms with E-state index < -0.39 is 0 Å². The van der Waals surface area contributed by atoms with Gasteiger partial charge in [-0.15, -0.1) is 0 Å². The van der Waals surface area contributed by atoms with Crippen molar-refractivity contribution in [3.05, 3.63) is 58.4 Å². The summed E-state index contributed by atoms with van der Waals surface area (Å²) in [5.74, 6) is -0.351. The summed E-state index contributed by atoms with van der Waals surface area (Å²) >= 11 is 0. The van der Waals surface area contributed by atoms with Gasteiger partial charge in [0.2, 0.25) is 0 Å². The van der Waals surface area contributed by atoms with Gasteiger partial charge in [-0.2, -0.15) is 10.2 Å². The van der Waals surface area contributed by atoms with E-state index in [4.69, 9.17) is 0 Å². The second-order valence-corrected chi connectivity index (χ2v) is 5.65. The van der Waals surface area contributed by atoms with E-state index in [9.17, 15) is 14.5 Å². The van der Waals surface area contributed by atoms with Crippen LogP contribution in [0.1, 0.15) is 19.3 Å². The van der Waals surface area contributed by atoms with Crippen LogP contribution < -0.4 is 4.90 Å². The highest BCUT2D eigenvalue weighted by molar-refractivity contribution is 5.68. The predicted octanol–water partition coefficient (Wildman–Crippen LogP) is 5.14. The minimum Gasteiger partial charge on any atom is -0.366 e. The Kier molecular flexibility index (Phi) is 4.79. The smallest absolute Gasteiger partial charge is 0.294 e. The second-order valence-electron chi connectivity index (χ2n) is 5.65. The van der Waals surface area contributed by atoms with Crippen LogP contribution in [0.15, 0.2) is 52.7 Å². The molecule has 1 fully saturated rings. The van der Waals surface area contributed by atoms with Crippen LogP contribution in [0.2, 0.25) is 0 Å². The zero-order chi connectivity index (χ0) is 16.9. The molecule has 1 aliphatic heterocycles. The zero-order valence-electron chi connectivity index (χ0n) is 13.1. The van der Waals surface area contributed by atoms with E-state index >= 15 is 0 Å². The van der Waals surface area contributed by atoms with Crippen LogP contribution in [0.4, 0.5) is 27.1 Å². The largest absolute Gasteiger partial charge is 0.366 e. The molecule has 0 N–H and O–H groups in total. The normalized spacial score (nSPS) is 15.0. The lowest BCUT2D eigenvalue weighted by atomic mass is 10.1. The van der Waals surface area contributed by atoms with Gasteiger partial charge in [0.1, 0.15) is 11.5 Å². The van der Waals surface area contributed by atoms with Gasteiger partial charge in [-0.3, -0.25) is 10.1 Å². The highest BCUT2D eigenvalue weighted by atomic mass is 19.1. The summed E-state index contributed by atoms with van der Waals surface area (Å²) in [7, 11) is 0. The minimum atomic E-state index is -0.388. The summed E-state index contributed by atoms with van der Waals surface area (Å²) in [5.41, 5.74) is 1.54. The van der Waals surface area contributed by atoms with Crippen molar-refractivity contribution >= 4 is 22.7 Å². The molecule has 1 saturated heterocycles. The van der Waals surface area contributed by atoms with Crippen LogP contribution in [0.5, 0.6) is 0 Å². The summed E-state index contributed by atoms with van der Waals surface area (Å²) < 4.78 is 12.9. The SMILES string of the molecule is O=[N+]([O-])c1cc(N=Nc2ccc(F)cc2)ccc1N1CCCCC1. The molecule has 2 aromatic carbocycles. The number of halogens is 1. The number of benzene rings is 2. The van der Waals surface area contributed by atoms with Gasteiger partial charge in [0.25, 0.3) is 5.69 Å². The number of hydrogen-bond donors (Lipinski definition) is 0. The minimum absolute atomic E-state index is 0.0347. The average molecular weight is 328 g/mol. The predicted molar refractivity (Wildman–Crippen MR) is 89.7 cm³/mol. The fraction of sp³-hybridized carbons (Fsp3) is 0.294. The summed E-state index contributed by atoms with van der Waals surface area (Å²) in [6.07, 6.45) is 3.25. The van der Waals surface area contributed by atoms with E-state index in [-0.39, 0.29) is 16.4 Å². The van der Waals surface area contributed by atoms with Gasteiger partial charge in [0.05, 0.1) is 16.3 Å².